The topological polar surface area (TPSA) is 78.8 Å². The van der Waals surface area contributed by atoms with Crippen molar-refractivity contribution in [3.63, 3.8) is 0 Å². The first kappa shape index (κ1) is 21.7. The zero-order chi connectivity index (χ0) is 21.7. The summed E-state index contributed by atoms with van der Waals surface area (Å²) in [6.45, 7) is 1.90. The summed E-state index contributed by atoms with van der Waals surface area (Å²) < 4.78 is 27.6. The summed E-state index contributed by atoms with van der Waals surface area (Å²) in [4.78, 5) is 12.5. The van der Waals surface area contributed by atoms with Gasteiger partial charge in [0, 0.05) is 22.6 Å². The second-order valence-corrected chi connectivity index (χ2v) is 9.38. The van der Waals surface area contributed by atoms with Gasteiger partial charge in [0.25, 0.3) is 15.9 Å². The van der Waals surface area contributed by atoms with Crippen LogP contribution in [0.15, 0.2) is 87.3 Å². The van der Waals surface area contributed by atoms with Gasteiger partial charge in [-0.05, 0) is 49.4 Å². The van der Waals surface area contributed by atoms with Gasteiger partial charge < -0.3 is 0 Å². The minimum Gasteiger partial charge on any atom is -0.269 e. The Morgan fingerprint density at radius 2 is 1.63 bits per heavy atom. The number of aryl methyl sites for hydroxylation is 1. The Morgan fingerprint density at radius 3 is 2.27 bits per heavy atom. The van der Waals surface area contributed by atoms with E-state index in [-0.39, 0.29) is 4.90 Å². The third-order valence-electron chi connectivity index (χ3n) is 4.45. The molecular weight excluding hydrogens is 466 g/mol. The molecule has 0 atom stereocenters. The molecule has 0 aliphatic carbocycles. The van der Waals surface area contributed by atoms with Crippen LogP contribution < -0.4 is 9.73 Å². The molecule has 0 saturated carbocycles. The van der Waals surface area contributed by atoms with Crippen LogP contribution in [-0.2, 0) is 10.0 Å². The number of carbonyl (C=O) groups is 1. The van der Waals surface area contributed by atoms with Crippen molar-refractivity contribution in [2.24, 2.45) is 5.10 Å². The van der Waals surface area contributed by atoms with Crippen LogP contribution in [0.25, 0.3) is 0 Å². The Hall–Kier alpha value is -2.97. The first-order valence-corrected chi connectivity index (χ1v) is 11.3. The molecule has 6 nitrogen and oxygen atoms in total. The molecule has 30 heavy (non-hydrogen) atoms. The summed E-state index contributed by atoms with van der Waals surface area (Å²) in [5.41, 5.74) is 5.09. The fraction of sp³-hybridized carbons (Fsp3) is 0.0909. The number of rotatable bonds is 6. The molecule has 0 fully saturated rings. The third kappa shape index (κ3) is 4.95. The quantitative estimate of drug-likeness (QED) is 0.416. The average Bonchev–Trinajstić information content (AvgIpc) is 2.75. The highest BCUT2D eigenvalue weighted by atomic mass is 79.9. The molecule has 3 aromatic carbocycles. The SMILES string of the molecule is Cc1ccc(S(=O)(=O)N(C)c2ccc(C(=O)N/N=C\c3ccccc3Br)cc2)cc1. The van der Waals surface area contributed by atoms with Gasteiger partial charge in [-0.25, -0.2) is 13.8 Å². The van der Waals surface area contributed by atoms with Crippen LogP contribution in [0.2, 0.25) is 0 Å². The minimum atomic E-state index is -3.69. The highest BCUT2D eigenvalue weighted by Crippen LogP contribution is 2.22. The van der Waals surface area contributed by atoms with E-state index in [1.165, 1.54) is 17.6 Å². The number of halogens is 1. The molecule has 0 saturated heterocycles. The molecule has 0 aliphatic rings. The lowest BCUT2D eigenvalue weighted by molar-refractivity contribution is 0.0955. The summed E-state index contributed by atoms with van der Waals surface area (Å²) in [6.07, 6.45) is 1.54. The highest BCUT2D eigenvalue weighted by molar-refractivity contribution is 9.10. The molecule has 0 aromatic heterocycles. The van der Waals surface area contributed by atoms with Gasteiger partial charge in [0.1, 0.15) is 0 Å². The summed E-state index contributed by atoms with van der Waals surface area (Å²) in [5.74, 6) is -0.395. The zero-order valence-electron chi connectivity index (χ0n) is 16.4. The Morgan fingerprint density at radius 1 is 1.00 bits per heavy atom. The minimum absolute atomic E-state index is 0.207. The Bertz CT molecular complexity index is 1180. The maximum absolute atomic E-state index is 12.8. The van der Waals surface area contributed by atoms with Crippen LogP contribution >= 0.6 is 15.9 Å². The molecule has 0 bridgehead atoms. The van der Waals surface area contributed by atoms with E-state index in [1.807, 2.05) is 31.2 Å². The molecule has 3 rings (SSSR count). The largest absolute Gasteiger partial charge is 0.271 e. The van der Waals surface area contributed by atoms with Crippen molar-refractivity contribution in [1.29, 1.82) is 0 Å². The first-order valence-electron chi connectivity index (χ1n) is 9.02. The summed E-state index contributed by atoms with van der Waals surface area (Å²) in [5, 5.41) is 3.96. The van der Waals surface area contributed by atoms with Gasteiger partial charge in [0.05, 0.1) is 16.8 Å². The summed E-state index contributed by atoms with van der Waals surface area (Å²) in [6, 6.07) is 20.4. The van der Waals surface area contributed by atoms with Gasteiger partial charge in [-0.15, -0.1) is 0 Å². The molecule has 154 valence electrons. The Balaban J connectivity index is 1.70. The number of hydrogen-bond donors (Lipinski definition) is 1. The van der Waals surface area contributed by atoms with Gasteiger partial charge in [-0.2, -0.15) is 5.10 Å². The molecule has 8 heteroatoms. The van der Waals surface area contributed by atoms with Crippen molar-refractivity contribution in [2.75, 3.05) is 11.4 Å². The van der Waals surface area contributed by atoms with Crippen molar-refractivity contribution < 1.29 is 13.2 Å². The lowest BCUT2D eigenvalue weighted by Crippen LogP contribution is -2.26. The van der Waals surface area contributed by atoms with E-state index in [0.717, 1.165) is 15.6 Å². The zero-order valence-corrected chi connectivity index (χ0v) is 18.8. The van der Waals surface area contributed by atoms with Crippen molar-refractivity contribution in [3.05, 3.63) is 94.0 Å². The monoisotopic (exact) mass is 485 g/mol. The number of hydrazone groups is 1. The van der Waals surface area contributed by atoms with Gasteiger partial charge in [0.2, 0.25) is 0 Å². The van der Waals surface area contributed by atoms with Crippen LogP contribution in [0, 0.1) is 6.92 Å². The van der Waals surface area contributed by atoms with E-state index in [1.54, 1.807) is 48.5 Å². The molecular formula is C22H20BrN3O3S. The van der Waals surface area contributed by atoms with Crippen LogP contribution in [-0.4, -0.2) is 27.6 Å². The molecule has 0 aliphatic heterocycles. The maximum atomic E-state index is 12.8. The molecule has 1 N–H and O–H groups in total. The molecule has 1 amide bonds. The van der Waals surface area contributed by atoms with Crippen LogP contribution in [0.4, 0.5) is 5.69 Å². The number of amides is 1. The average molecular weight is 486 g/mol. The van der Waals surface area contributed by atoms with Gasteiger partial charge >= 0.3 is 0 Å². The first-order chi connectivity index (χ1) is 14.3. The Kier molecular flexibility index (Phi) is 6.69. The summed E-state index contributed by atoms with van der Waals surface area (Å²) in [7, 11) is -2.21. The van der Waals surface area contributed by atoms with E-state index in [0.29, 0.717) is 11.3 Å². The predicted octanol–water partition coefficient (Wildman–Crippen LogP) is 4.35. The standard InChI is InChI=1S/C22H20BrN3O3S/c1-16-7-13-20(14-8-16)30(28,29)26(2)19-11-9-17(10-12-19)22(27)25-24-15-18-5-3-4-6-21(18)23/h3-15H,1-2H3,(H,25,27)/b24-15-. The normalized spacial score (nSPS) is 11.4. The summed E-state index contributed by atoms with van der Waals surface area (Å²) >= 11 is 3.41. The predicted molar refractivity (Wildman–Crippen MR) is 122 cm³/mol. The van der Waals surface area contributed by atoms with Crippen molar-refractivity contribution >= 4 is 43.8 Å². The van der Waals surface area contributed by atoms with E-state index in [9.17, 15) is 13.2 Å². The van der Waals surface area contributed by atoms with Gasteiger partial charge in [-0.1, -0.05) is 51.8 Å². The second-order valence-electron chi connectivity index (χ2n) is 6.55. The molecule has 0 radical (unpaired) electrons. The molecule has 3 aromatic rings. The highest BCUT2D eigenvalue weighted by Gasteiger charge is 2.21. The van der Waals surface area contributed by atoms with Gasteiger partial charge in [-0.3, -0.25) is 9.10 Å². The van der Waals surface area contributed by atoms with E-state index in [2.05, 4.69) is 26.5 Å². The van der Waals surface area contributed by atoms with Crippen molar-refractivity contribution in [1.82, 2.24) is 5.43 Å². The third-order valence-corrected chi connectivity index (χ3v) is 6.97. The molecule has 0 unspecified atom stereocenters. The number of nitrogens with one attached hydrogen (secondary N) is 1. The Labute approximate surface area is 184 Å². The second kappa shape index (κ2) is 9.23. The van der Waals surface area contributed by atoms with E-state index < -0.39 is 15.9 Å². The van der Waals surface area contributed by atoms with Gasteiger partial charge in [0.15, 0.2) is 0 Å². The smallest absolute Gasteiger partial charge is 0.269 e. The number of carbonyl (C=O) groups excluding carboxylic acids is 1. The lowest BCUT2D eigenvalue weighted by atomic mass is 10.2. The van der Waals surface area contributed by atoms with Crippen molar-refractivity contribution in [2.45, 2.75) is 11.8 Å². The van der Waals surface area contributed by atoms with Crippen LogP contribution in [0.5, 0.6) is 0 Å². The fourth-order valence-electron chi connectivity index (χ4n) is 2.63. The van der Waals surface area contributed by atoms with Crippen molar-refractivity contribution in [3.8, 4) is 0 Å². The van der Waals surface area contributed by atoms with Crippen LogP contribution in [0.1, 0.15) is 21.5 Å². The van der Waals surface area contributed by atoms with Crippen LogP contribution in [0.3, 0.4) is 0 Å². The molecule has 0 heterocycles. The fourth-order valence-corrected chi connectivity index (χ4v) is 4.22. The lowest BCUT2D eigenvalue weighted by Gasteiger charge is -2.19. The number of anilines is 1. The van der Waals surface area contributed by atoms with E-state index >= 15 is 0 Å². The number of sulfonamides is 1. The molecule has 0 spiro atoms. The maximum Gasteiger partial charge on any atom is 0.271 e. The number of nitrogens with zero attached hydrogens (tertiary/aromatic N) is 2. The number of hydrogen-bond acceptors (Lipinski definition) is 4. The van der Waals surface area contributed by atoms with E-state index in [4.69, 9.17) is 0 Å². The number of benzene rings is 3.